The first kappa shape index (κ1) is 21.7. The highest BCUT2D eigenvalue weighted by Crippen LogP contribution is 2.35. The molecule has 1 amide bonds. The van der Waals surface area contributed by atoms with Crippen LogP contribution in [0.1, 0.15) is 0 Å². The second-order valence-corrected chi connectivity index (χ2v) is 8.77. The Labute approximate surface area is 195 Å². The van der Waals surface area contributed by atoms with Crippen LogP contribution in [0.25, 0.3) is 16.9 Å². The summed E-state index contributed by atoms with van der Waals surface area (Å²) >= 11 is 14.7. The summed E-state index contributed by atoms with van der Waals surface area (Å²) in [5, 5.41) is 14.6. The fraction of sp³-hybridized carbons (Fsp3) is 0.158. The summed E-state index contributed by atoms with van der Waals surface area (Å²) in [7, 11) is 3.17. The number of nitrogens with zero attached hydrogens (tertiary/aromatic N) is 4. The van der Waals surface area contributed by atoms with E-state index in [1.165, 1.54) is 23.1 Å². The maximum Gasteiger partial charge on any atom is 0.236 e. The van der Waals surface area contributed by atoms with Gasteiger partial charge < -0.3 is 14.8 Å². The van der Waals surface area contributed by atoms with Crippen molar-refractivity contribution in [3.05, 3.63) is 45.9 Å². The van der Waals surface area contributed by atoms with E-state index in [2.05, 4.69) is 20.5 Å². The molecule has 0 aliphatic heterocycles. The van der Waals surface area contributed by atoms with E-state index < -0.39 is 0 Å². The molecule has 0 saturated heterocycles. The van der Waals surface area contributed by atoms with Crippen molar-refractivity contribution < 1.29 is 14.3 Å². The second-order valence-electron chi connectivity index (χ2n) is 6.12. The zero-order valence-electron chi connectivity index (χ0n) is 16.3. The SMILES string of the molecule is COc1ccc(-c2csc(NC(=O)CSc3nnc4c(Cl)cc(Cl)cn34)n2)c(OC)c1. The molecule has 12 heteroatoms. The zero-order valence-corrected chi connectivity index (χ0v) is 19.4. The predicted molar refractivity (Wildman–Crippen MR) is 123 cm³/mol. The van der Waals surface area contributed by atoms with Crippen LogP contribution in [0.15, 0.2) is 41.0 Å². The monoisotopic (exact) mass is 495 g/mol. The lowest BCUT2D eigenvalue weighted by atomic mass is 10.1. The molecule has 4 rings (SSSR count). The van der Waals surface area contributed by atoms with Gasteiger partial charge in [-0.05, 0) is 18.2 Å². The van der Waals surface area contributed by atoms with Gasteiger partial charge in [0.1, 0.15) is 11.5 Å². The topological polar surface area (TPSA) is 90.6 Å². The lowest BCUT2D eigenvalue weighted by molar-refractivity contribution is -0.113. The van der Waals surface area contributed by atoms with E-state index in [0.717, 1.165) is 5.56 Å². The van der Waals surface area contributed by atoms with Crippen molar-refractivity contribution in [1.29, 1.82) is 0 Å². The summed E-state index contributed by atoms with van der Waals surface area (Å²) in [6.45, 7) is 0. The van der Waals surface area contributed by atoms with Crippen LogP contribution < -0.4 is 14.8 Å². The van der Waals surface area contributed by atoms with E-state index in [1.54, 1.807) is 36.9 Å². The van der Waals surface area contributed by atoms with Gasteiger partial charge in [-0.25, -0.2) is 4.98 Å². The number of carbonyl (C=O) groups is 1. The number of carbonyl (C=O) groups excluding carboxylic acids is 1. The maximum absolute atomic E-state index is 12.4. The molecule has 0 unspecified atom stereocenters. The van der Waals surface area contributed by atoms with Crippen molar-refractivity contribution >= 4 is 63.0 Å². The largest absolute Gasteiger partial charge is 0.497 e. The summed E-state index contributed by atoms with van der Waals surface area (Å²) in [5.74, 6) is 1.21. The number of methoxy groups -OCH3 is 2. The van der Waals surface area contributed by atoms with Crippen LogP contribution in [0.3, 0.4) is 0 Å². The number of fused-ring (bicyclic) bond motifs is 1. The van der Waals surface area contributed by atoms with Gasteiger partial charge >= 0.3 is 0 Å². The summed E-state index contributed by atoms with van der Waals surface area (Å²) in [6.07, 6.45) is 1.65. The zero-order chi connectivity index (χ0) is 22.0. The molecule has 0 bridgehead atoms. The predicted octanol–water partition coefficient (Wildman–Crippen LogP) is 4.91. The Kier molecular flexibility index (Phi) is 6.51. The third kappa shape index (κ3) is 4.72. The Balaban J connectivity index is 1.43. The molecule has 31 heavy (non-hydrogen) atoms. The number of benzene rings is 1. The van der Waals surface area contributed by atoms with Crippen molar-refractivity contribution in [3.8, 4) is 22.8 Å². The molecule has 160 valence electrons. The maximum atomic E-state index is 12.4. The number of hydrogen-bond donors (Lipinski definition) is 1. The minimum absolute atomic E-state index is 0.117. The van der Waals surface area contributed by atoms with Gasteiger partial charge in [0.05, 0.1) is 35.7 Å². The van der Waals surface area contributed by atoms with Gasteiger partial charge in [-0.1, -0.05) is 35.0 Å². The number of ether oxygens (including phenoxy) is 2. The highest BCUT2D eigenvalue weighted by atomic mass is 35.5. The molecule has 0 radical (unpaired) electrons. The highest BCUT2D eigenvalue weighted by molar-refractivity contribution is 7.99. The lowest BCUT2D eigenvalue weighted by Gasteiger charge is -2.08. The van der Waals surface area contributed by atoms with Gasteiger partial charge in [-0.3, -0.25) is 9.20 Å². The van der Waals surface area contributed by atoms with Crippen LogP contribution >= 0.6 is 46.3 Å². The van der Waals surface area contributed by atoms with Crippen molar-refractivity contribution in [2.45, 2.75) is 5.16 Å². The number of anilines is 1. The Bertz CT molecular complexity index is 1260. The van der Waals surface area contributed by atoms with E-state index in [-0.39, 0.29) is 11.7 Å². The number of rotatable bonds is 7. The van der Waals surface area contributed by atoms with Crippen molar-refractivity contribution in [1.82, 2.24) is 19.6 Å². The van der Waals surface area contributed by atoms with Crippen LogP contribution in [0, 0.1) is 0 Å². The molecular formula is C19H15Cl2N5O3S2. The van der Waals surface area contributed by atoms with Gasteiger partial charge in [0.2, 0.25) is 5.91 Å². The number of thioether (sulfide) groups is 1. The summed E-state index contributed by atoms with van der Waals surface area (Å²) in [5.41, 5.74) is 1.98. The first-order valence-corrected chi connectivity index (χ1v) is 11.4. The molecule has 0 aliphatic carbocycles. The Morgan fingerprint density at radius 1 is 1.23 bits per heavy atom. The number of halogens is 2. The van der Waals surface area contributed by atoms with Crippen LogP contribution in [0.5, 0.6) is 11.5 Å². The standard InChI is InChI=1S/C19H15Cl2N5O3S2/c1-28-11-3-4-12(15(6-11)29-2)14-8-30-18(22-14)23-16(27)9-31-19-25-24-17-13(21)5-10(20)7-26(17)19/h3-8H,9H2,1-2H3,(H,22,23,27). The summed E-state index contributed by atoms with van der Waals surface area (Å²) in [4.78, 5) is 16.9. The summed E-state index contributed by atoms with van der Waals surface area (Å²) < 4.78 is 12.3. The molecule has 1 aromatic carbocycles. The average molecular weight is 496 g/mol. The Morgan fingerprint density at radius 3 is 2.84 bits per heavy atom. The molecule has 1 N–H and O–H groups in total. The quantitative estimate of drug-likeness (QED) is 0.364. The number of amides is 1. The van der Waals surface area contributed by atoms with Crippen LogP contribution in [-0.4, -0.2) is 45.5 Å². The Morgan fingerprint density at radius 2 is 2.06 bits per heavy atom. The lowest BCUT2D eigenvalue weighted by Crippen LogP contribution is -2.14. The van der Waals surface area contributed by atoms with Crippen molar-refractivity contribution in [2.75, 3.05) is 25.3 Å². The van der Waals surface area contributed by atoms with Crippen LogP contribution in [-0.2, 0) is 4.79 Å². The van der Waals surface area contributed by atoms with E-state index >= 15 is 0 Å². The average Bonchev–Trinajstić information content (AvgIpc) is 3.38. The fourth-order valence-electron chi connectivity index (χ4n) is 2.75. The molecule has 0 spiro atoms. The molecular weight excluding hydrogens is 481 g/mol. The Hall–Kier alpha value is -2.53. The number of aromatic nitrogens is 4. The molecule has 3 aromatic heterocycles. The molecule has 0 aliphatic rings. The number of pyridine rings is 1. The van der Waals surface area contributed by atoms with E-state index in [9.17, 15) is 4.79 Å². The van der Waals surface area contributed by atoms with E-state index in [1.807, 2.05) is 17.5 Å². The smallest absolute Gasteiger partial charge is 0.236 e. The third-order valence-electron chi connectivity index (χ3n) is 4.16. The molecule has 4 aromatic rings. The van der Waals surface area contributed by atoms with Crippen molar-refractivity contribution in [3.63, 3.8) is 0 Å². The molecule has 8 nitrogen and oxygen atoms in total. The highest BCUT2D eigenvalue weighted by Gasteiger charge is 2.15. The van der Waals surface area contributed by atoms with Crippen LogP contribution in [0.4, 0.5) is 5.13 Å². The molecule has 0 saturated carbocycles. The van der Waals surface area contributed by atoms with Gasteiger partial charge in [0.25, 0.3) is 0 Å². The minimum Gasteiger partial charge on any atom is -0.497 e. The van der Waals surface area contributed by atoms with E-state index in [0.29, 0.717) is 43.2 Å². The van der Waals surface area contributed by atoms with Crippen molar-refractivity contribution in [2.24, 2.45) is 0 Å². The first-order chi connectivity index (χ1) is 15.0. The normalized spacial score (nSPS) is 11.0. The van der Waals surface area contributed by atoms with Gasteiger partial charge in [-0.2, -0.15) is 0 Å². The summed E-state index contributed by atoms with van der Waals surface area (Å²) in [6, 6.07) is 7.06. The number of thiazole rings is 1. The van der Waals surface area contributed by atoms with Crippen LogP contribution in [0.2, 0.25) is 10.0 Å². The first-order valence-electron chi connectivity index (χ1n) is 8.79. The number of nitrogens with one attached hydrogen (secondary N) is 1. The minimum atomic E-state index is -0.225. The third-order valence-corrected chi connectivity index (χ3v) is 6.35. The molecule has 0 atom stereocenters. The van der Waals surface area contributed by atoms with E-state index in [4.69, 9.17) is 32.7 Å². The fourth-order valence-corrected chi connectivity index (χ4v) is 4.70. The van der Waals surface area contributed by atoms with Gasteiger partial charge in [0, 0.05) is 23.2 Å². The number of hydrogen-bond acceptors (Lipinski definition) is 8. The molecule has 0 fully saturated rings. The molecule has 3 heterocycles. The van der Waals surface area contributed by atoms with Gasteiger partial charge in [0.15, 0.2) is 15.9 Å². The van der Waals surface area contributed by atoms with Gasteiger partial charge in [-0.15, -0.1) is 21.5 Å². The second kappa shape index (κ2) is 9.31.